The zero-order chi connectivity index (χ0) is 15.7. The number of nitrogens with zero attached hydrogens (tertiary/aromatic N) is 2. The summed E-state index contributed by atoms with van der Waals surface area (Å²) in [6, 6.07) is 11.3. The van der Waals surface area contributed by atoms with Crippen LogP contribution >= 0.6 is 11.6 Å². The minimum Gasteiger partial charge on any atom is -0.507 e. The number of rotatable bonds is 2. The minimum atomic E-state index is 0.186. The summed E-state index contributed by atoms with van der Waals surface area (Å²) in [6.45, 7) is 3.74. The first-order valence-electron chi connectivity index (χ1n) is 6.94. The molecule has 0 radical (unpaired) electrons. The molecule has 22 heavy (non-hydrogen) atoms. The van der Waals surface area contributed by atoms with Crippen LogP contribution in [0.4, 0.5) is 5.69 Å². The number of aryl methyl sites for hydroxylation is 1. The number of pyridine rings is 1. The van der Waals surface area contributed by atoms with Gasteiger partial charge in [0.15, 0.2) is 0 Å². The predicted molar refractivity (Wildman–Crippen MR) is 91.6 cm³/mol. The van der Waals surface area contributed by atoms with Crippen LogP contribution in [0.1, 0.15) is 16.7 Å². The molecule has 0 saturated heterocycles. The normalized spacial score (nSPS) is 11.4. The average molecular weight is 311 g/mol. The summed E-state index contributed by atoms with van der Waals surface area (Å²) in [5.41, 5.74) is 4.05. The zero-order valence-electron chi connectivity index (χ0n) is 12.3. The number of phenols is 1. The molecule has 4 heteroatoms. The van der Waals surface area contributed by atoms with Gasteiger partial charge in [0.1, 0.15) is 5.75 Å². The fourth-order valence-corrected chi connectivity index (χ4v) is 2.55. The standard InChI is InChI=1S/C18H15ClN2O/c1-11-8-17(22)15(12(2)18(11)19)10-21-14-5-6-16-13(9-14)4-3-7-20-16/h3-10,22H,1-2H3. The third-order valence-corrected chi connectivity index (χ3v) is 4.22. The van der Waals surface area contributed by atoms with Crippen LogP contribution in [-0.4, -0.2) is 16.3 Å². The van der Waals surface area contributed by atoms with Crippen molar-refractivity contribution >= 4 is 34.4 Å². The molecule has 3 aromatic rings. The average Bonchev–Trinajstić information content (AvgIpc) is 2.52. The summed E-state index contributed by atoms with van der Waals surface area (Å²) in [5.74, 6) is 0.186. The molecular weight excluding hydrogens is 296 g/mol. The Morgan fingerprint density at radius 2 is 2.00 bits per heavy atom. The second kappa shape index (κ2) is 5.78. The predicted octanol–water partition coefficient (Wildman–Crippen LogP) is 4.96. The van der Waals surface area contributed by atoms with Gasteiger partial charge < -0.3 is 5.11 Å². The number of benzene rings is 2. The van der Waals surface area contributed by atoms with Gasteiger partial charge in [-0.25, -0.2) is 0 Å². The molecule has 0 unspecified atom stereocenters. The van der Waals surface area contributed by atoms with Crippen LogP contribution in [0, 0.1) is 13.8 Å². The second-order valence-corrected chi connectivity index (χ2v) is 5.58. The van der Waals surface area contributed by atoms with Crippen molar-refractivity contribution in [3.05, 3.63) is 64.3 Å². The summed E-state index contributed by atoms with van der Waals surface area (Å²) >= 11 is 6.23. The Balaban J connectivity index is 2.01. The van der Waals surface area contributed by atoms with Crippen LogP contribution in [0.25, 0.3) is 10.9 Å². The summed E-state index contributed by atoms with van der Waals surface area (Å²) < 4.78 is 0. The lowest BCUT2D eigenvalue weighted by atomic mass is 10.0. The number of aliphatic imine (C=N–C) groups is 1. The van der Waals surface area contributed by atoms with Crippen molar-refractivity contribution in [3.63, 3.8) is 0 Å². The Hall–Kier alpha value is -2.39. The topological polar surface area (TPSA) is 45.5 Å². The quantitative estimate of drug-likeness (QED) is 0.680. The molecule has 0 amide bonds. The molecule has 110 valence electrons. The van der Waals surface area contributed by atoms with E-state index in [1.54, 1.807) is 18.5 Å². The van der Waals surface area contributed by atoms with E-state index in [0.717, 1.165) is 27.7 Å². The molecule has 0 fully saturated rings. The summed E-state index contributed by atoms with van der Waals surface area (Å²) in [4.78, 5) is 8.73. The Morgan fingerprint density at radius 3 is 2.82 bits per heavy atom. The van der Waals surface area contributed by atoms with Crippen molar-refractivity contribution in [1.29, 1.82) is 0 Å². The van der Waals surface area contributed by atoms with Crippen LogP contribution in [0.15, 0.2) is 47.6 Å². The molecule has 3 nitrogen and oxygen atoms in total. The first kappa shape index (κ1) is 14.5. The molecular formula is C18H15ClN2O. The fourth-order valence-electron chi connectivity index (χ4n) is 2.40. The van der Waals surface area contributed by atoms with Gasteiger partial charge in [0.2, 0.25) is 0 Å². The monoisotopic (exact) mass is 310 g/mol. The molecule has 1 N–H and O–H groups in total. The molecule has 0 bridgehead atoms. The molecule has 0 aliphatic heterocycles. The van der Waals surface area contributed by atoms with Gasteiger partial charge in [-0.1, -0.05) is 17.7 Å². The lowest BCUT2D eigenvalue weighted by Gasteiger charge is -2.08. The van der Waals surface area contributed by atoms with Gasteiger partial charge in [0.05, 0.1) is 11.2 Å². The highest BCUT2D eigenvalue weighted by atomic mass is 35.5. The molecule has 1 aromatic heterocycles. The van der Waals surface area contributed by atoms with E-state index >= 15 is 0 Å². The van der Waals surface area contributed by atoms with Gasteiger partial charge in [-0.05, 0) is 55.3 Å². The lowest BCUT2D eigenvalue weighted by molar-refractivity contribution is 0.473. The second-order valence-electron chi connectivity index (χ2n) is 5.20. The van der Waals surface area contributed by atoms with Gasteiger partial charge in [0, 0.05) is 28.4 Å². The fraction of sp³-hybridized carbons (Fsp3) is 0.111. The van der Waals surface area contributed by atoms with E-state index in [1.165, 1.54) is 0 Å². The highest BCUT2D eigenvalue weighted by Gasteiger charge is 2.09. The van der Waals surface area contributed by atoms with Crippen molar-refractivity contribution in [2.24, 2.45) is 4.99 Å². The van der Waals surface area contributed by atoms with E-state index < -0.39 is 0 Å². The number of hydrogen-bond donors (Lipinski definition) is 1. The van der Waals surface area contributed by atoms with Gasteiger partial charge in [-0.2, -0.15) is 0 Å². The largest absolute Gasteiger partial charge is 0.507 e. The maximum atomic E-state index is 10.1. The highest BCUT2D eigenvalue weighted by Crippen LogP contribution is 2.30. The van der Waals surface area contributed by atoms with E-state index in [0.29, 0.717) is 10.6 Å². The summed E-state index contributed by atoms with van der Waals surface area (Å²) in [7, 11) is 0. The van der Waals surface area contributed by atoms with Crippen LogP contribution in [0.2, 0.25) is 5.02 Å². The van der Waals surface area contributed by atoms with Gasteiger partial charge in [-0.15, -0.1) is 0 Å². The Bertz CT molecular complexity index is 888. The first-order chi connectivity index (χ1) is 10.6. The molecule has 0 aliphatic rings. The molecule has 1 heterocycles. The van der Waals surface area contributed by atoms with E-state index in [4.69, 9.17) is 11.6 Å². The molecule has 2 aromatic carbocycles. The van der Waals surface area contributed by atoms with Crippen LogP contribution in [0.5, 0.6) is 5.75 Å². The van der Waals surface area contributed by atoms with Gasteiger partial charge in [-0.3, -0.25) is 9.98 Å². The highest BCUT2D eigenvalue weighted by molar-refractivity contribution is 6.32. The SMILES string of the molecule is Cc1cc(O)c(C=Nc2ccc3ncccc3c2)c(C)c1Cl. The summed E-state index contributed by atoms with van der Waals surface area (Å²) in [5, 5.41) is 11.8. The lowest BCUT2D eigenvalue weighted by Crippen LogP contribution is -1.92. The zero-order valence-corrected chi connectivity index (χ0v) is 13.1. The third kappa shape index (κ3) is 2.68. The maximum Gasteiger partial charge on any atom is 0.124 e. The first-order valence-corrected chi connectivity index (χ1v) is 7.31. The Morgan fingerprint density at radius 1 is 1.18 bits per heavy atom. The smallest absolute Gasteiger partial charge is 0.124 e. The maximum absolute atomic E-state index is 10.1. The van der Waals surface area contributed by atoms with Gasteiger partial charge in [0.25, 0.3) is 0 Å². The van der Waals surface area contributed by atoms with Gasteiger partial charge >= 0.3 is 0 Å². The van der Waals surface area contributed by atoms with Crippen molar-refractivity contribution < 1.29 is 5.11 Å². The van der Waals surface area contributed by atoms with Crippen LogP contribution in [-0.2, 0) is 0 Å². The number of halogens is 1. The molecule has 0 spiro atoms. The summed E-state index contributed by atoms with van der Waals surface area (Å²) in [6.07, 6.45) is 3.41. The van der Waals surface area contributed by atoms with E-state index in [-0.39, 0.29) is 5.75 Å². The molecule has 3 rings (SSSR count). The number of phenolic OH excluding ortho intramolecular Hbond substituents is 1. The van der Waals surface area contributed by atoms with Crippen molar-refractivity contribution in [3.8, 4) is 5.75 Å². The minimum absolute atomic E-state index is 0.186. The van der Waals surface area contributed by atoms with E-state index in [2.05, 4.69) is 9.98 Å². The van der Waals surface area contributed by atoms with Crippen LogP contribution in [0.3, 0.4) is 0 Å². The van der Waals surface area contributed by atoms with Crippen molar-refractivity contribution in [1.82, 2.24) is 4.98 Å². The molecule has 0 atom stereocenters. The number of aromatic hydroxyl groups is 1. The Labute approximate surface area is 133 Å². The Kier molecular flexibility index (Phi) is 3.82. The third-order valence-electron chi connectivity index (χ3n) is 3.64. The van der Waals surface area contributed by atoms with Crippen molar-refractivity contribution in [2.45, 2.75) is 13.8 Å². The molecule has 0 aliphatic carbocycles. The molecule has 0 saturated carbocycles. The van der Waals surface area contributed by atoms with Crippen LogP contribution < -0.4 is 0 Å². The van der Waals surface area contributed by atoms with Crippen molar-refractivity contribution in [2.75, 3.05) is 0 Å². The van der Waals surface area contributed by atoms with E-state index in [9.17, 15) is 5.11 Å². The number of fused-ring (bicyclic) bond motifs is 1. The number of aromatic nitrogens is 1. The number of hydrogen-bond acceptors (Lipinski definition) is 3. The van der Waals surface area contributed by atoms with E-state index in [1.807, 2.05) is 44.2 Å².